The number of rotatable bonds is 9. The number of ether oxygens (including phenoxy) is 2. The van der Waals surface area contributed by atoms with Gasteiger partial charge in [0.15, 0.2) is 0 Å². The number of carbonyl (C=O) groups excluding carboxylic acids is 3. The van der Waals surface area contributed by atoms with E-state index in [1.807, 2.05) is 6.92 Å². The molecule has 3 rings (SSSR count). The van der Waals surface area contributed by atoms with Gasteiger partial charge in [-0.15, -0.1) is 0 Å². The Morgan fingerprint density at radius 2 is 1.71 bits per heavy atom. The van der Waals surface area contributed by atoms with Crippen molar-refractivity contribution in [3.8, 4) is 11.5 Å². The van der Waals surface area contributed by atoms with Crippen LogP contribution in [0.2, 0.25) is 0 Å². The van der Waals surface area contributed by atoms with Crippen LogP contribution in [0.25, 0.3) is 0 Å². The predicted molar refractivity (Wildman–Crippen MR) is 131 cm³/mol. The molecule has 0 spiro atoms. The van der Waals surface area contributed by atoms with Gasteiger partial charge in [-0.1, -0.05) is 34.1 Å². The van der Waals surface area contributed by atoms with Crippen LogP contribution in [-0.4, -0.2) is 37.1 Å². The van der Waals surface area contributed by atoms with Crippen molar-refractivity contribution in [1.82, 2.24) is 10.7 Å². The highest BCUT2D eigenvalue weighted by Gasteiger charge is 2.12. The van der Waals surface area contributed by atoms with Gasteiger partial charge in [0.1, 0.15) is 11.5 Å². The number of hydrogen-bond donors (Lipinski definition) is 2. The molecule has 0 aliphatic rings. The summed E-state index contributed by atoms with van der Waals surface area (Å²) in [4.78, 5) is 36.6. The molecule has 9 heteroatoms. The summed E-state index contributed by atoms with van der Waals surface area (Å²) in [6, 6.07) is 20.2. The van der Waals surface area contributed by atoms with Crippen LogP contribution < -0.4 is 20.2 Å². The monoisotopic (exact) mass is 523 g/mol. The Hall–Kier alpha value is -3.98. The Morgan fingerprint density at radius 3 is 2.41 bits per heavy atom. The predicted octanol–water partition coefficient (Wildman–Crippen LogP) is 3.95. The van der Waals surface area contributed by atoms with Gasteiger partial charge in [0.05, 0.1) is 24.9 Å². The zero-order chi connectivity index (χ0) is 24.3. The van der Waals surface area contributed by atoms with E-state index in [-0.39, 0.29) is 12.3 Å². The number of nitrogens with one attached hydrogen (secondary N) is 2. The van der Waals surface area contributed by atoms with E-state index in [2.05, 4.69) is 31.8 Å². The number of nitrogens with zero attached hydrogens (tertiary/aromatic N) is 1. The lowest BCUT2D eigenvalue weighted by Gasteiger charge is -2.08. The Morgan fingerprint density at radius 1 is 0.971 bits per heavy atom. The van der Waals surface area contributed by atoms with Crippen molar-refractivity contribution in [1.29, 1.82) is 0 Å². The van der Waals surface area contributed by atoms with Crippen LogP contribution in [0.3, 0.4) is 0 Å². The fraction of sp³-hybridized carbons (Fsp3) is 0.120. The fourth-order valence-electron chi connectivity index (χ4n) is 2.79. The molecule has 0 aromatic heterocycles. The standard InChI is InChI=1S/C25H22BrN3O5/c1-2-33-21-11-8-17(9-12-21)24(31)27-16-23(30)29-28-15-19-14-20(26)10-13-22(19)34-25(32)18-6-4-3-5-7-18/h3-15H,2,16H2,1H3,(H,27,31)(H,29,30)/b28-15-. The first-order chi connectivity index (χ1) is 16.5. The van der Waals surface area contributed by atoms with Gasteiger partial charge in [-0.2, -0.15) is 5.10 Å². The highest BCUT2D eigenvalue weighted by Crippen LogP contribution is 2.23. The van der Waals surface area contributed by atoms with Crippen molar-refractivity contribution >= 4 is 39.9 Å². The summed E-state index contributed by atoms with van der Waals surface area (Å²) in [6.07, 6.45) is 1.35. The van der Waals surface area contributed by atoms with E-state index in [0.717, 1.165) is 4.47 Å². The Bertz CT molecular complexity index is 1180. The average molecular weight is 524 g/mol. The van der Waals surface area contributed by atoms with E-state index in [9.17, 15) is 14.4 Å². The summed E-state index contributed by atoms with van der Waals surface area (Å²) in [5.41, 5.74) is 3.61. The number of hydrazone groups is 1. The van der Waals surface area contributed by atoms with Crippen LogP contribution in [0.5, 0.6) is 11.5 Å². The van der Waals surface area contributed by atoms with Crippen LogP contribution in [0, 0.1) is 0 Å². The maximum absolute atomic E-state index is 12.4. The molecule has 3 aromatic rings. The van der Waals surface area contributed by atoms with Gasteiger partial charge in [-0.3, -0.25) is 9.59 Å². The molecule has 0 aliphatic carbocycles. The van der Waals surface area contributed by atoms with Crippen LogP contribution in [0.4, 0.5) is 0 Å². The van der Waals surface area contributed by atoms with Crippen molar-refractivity contribution in [2.75, 3.05) is 13.2 Å². The third-order valence-corrected chi connectivity index (χ3v) is 4.91. The first kappa shape index (κ1) is 24.7. The third kappa shape index (κ3) is 7.28. The van der Waals surface area contributed by atoms with Gasteiger partial charge < -0.3 is 14.8 Å². The van der Waals surface area contributed by atoms with Gasteiger partial charge in [0.25, 0.3) is 11.8 Å². The zero-order valence-corrected chi connectivity index (χ0v) is 19.9. The van der Waals surface area contributed by atoms with E-state index in [1.54, 1.807) is 72.8 Å². The van der Waals surface area contributed by atoms with Crippen LogP contribution in [0.1, 0.15) is 33.2 Å². The maximum Gasteiger partial charge on any atom is 0.343 e. The lowest BCUT2D eigenvalue weighted by molar-refractivity contribution is -0.120. The Labute approximate surface area is 205 Å². The quantitative estimate of drug-likeness (QED) is 0.191. The SMILES string of the molecule is CCOc1ccc(C(=O)NCC(=O)N/N=C\c2cc(Br)ccc2OC(=O)c2ccccc2)cc1. The number of esters is 1. The molecule has 0 bridgehead atoms. The van der Waals surface area contributed by atoms with Gasteiger partial charge in [0.2, 0.25) is 0 Å². The van der Waals surface area contributed by atoms with E-state index in [1.165, 1.54) is 6.21 Å². The molecule has 0 unspecified atom stereocenters. The van der Waals surface area contributed by atoms with E-state index in [4.69, 9.17) is 9.47 Å². The largest absolute Gasteiger partial charge is 0.494 e. The van der Waals surface area contributed by atoms with Gasteiger partial charge >= 0.3 is 5.97 Å². The molecule has 0 radical (unpaired) electrons. The molecule has 2 amide bonds. The Balaban J connectivity index is 1.55. The summed E-state index contributed by atoms with van der Waals surface area (Å²) < 4.78 is 11.5. The number of hydrogen-bond acceptors (Lipinski definition) is 6. The van der Waals surface area contributed by atoms with E-state index < -0.39 is 17.8 Å². The minimum absolute atomic E-state index is 0.266. The summed E-state index contributed by atoms with van der Waals surface area (Å²) in [7, 11) is 0. The molecule has 174 valence electrons. The molecule has 2 N–H and O–H groups in total. The first-order valence-corrected chi connectivity index (χ1v) is 11.2. The van der Waals surface area contributed by atoms with Gasteiger partial charge in [-0.05, 0) is 61.5 Å². The van der Waals surface area contributed by atoms with Crippen molar-refractivity contribution in [2.45, 2.75) is 6.92 Å². The normalized spacial score (nSPS) is 10.5. The van der Waals surface area contributed by atoms with Crippen LogP contribution >= 0.6 is 15.9 Å². The topological polar surface area (TPSA) is 106 Å². The van der Waals surface area contributed by atoms with Gasteiger partial charge in [-0.25, -0.2) is 10.2 Å². The molecule has 8 nitrogen and oxygen atoms in total. The van der Waals surface area contributed by atoms with Gasteiger partial charge in [0, 0.05) is 15.6 Å². The van der Waals surface area contributed by atoms with Crippen LogP contribution in [-0.2, 0) is 4.79 Å². The van der Waals surface area contributed by atoms with Crippen molar-refractivity contribution in [3.05, 3.63) is 94.0 Å². The lowest BCUT2D eigenvalue weighted by Crippen LogP contribution is -2.34. The molecule has 34 heavy (non-hydrogen) atoms. The summed E-state index contributed by atoms with van der Waals surface area (Å²) in [6.45, 7) is 2.14. The summed E-state index contributed by atoms with van der Waals surface area (Å²) in [5, 5.41) is 6.42. The first-order valence-electron chi connectivity index (χ1n) is 10.4. The minimum atomic E-state index is -0.520. The third-order valence-electron chi connectivity index (χ3n) is 4.41. The number of amides is 2. The van der Waals surface area contributed by atoms with Crippen LogP contribution in [0.15, 0.2) is 82.4 Å². The fourth-order valence-corrected chi connectivity index (χ4v) is 3.17. The Kier molecular flexibility index (Phi) is 8.93. The molecule has 0 fully saturated rings. The summed E-state index contributed by atoms with van der Waals surface area (Å²) in [5.74, 6) is -0.498. The second-order valence-electron chi connectivity index (χ2n) is 6.87. The second-order valence-corrected chi connectivity index (χ2v) is 7.79. The number of carbonyl (C=O) groups is 3. The van der Waals surface area contributed by atoms with E-state index >= 15 is 0 Å². The molecule has 0 saturated carbocycles. The highest BCUT2D eigenvalue weighted by molar-refractivity contribution is 9.10. The zero-order valence-electron chi connectivity index (χ0n) is 18.3. The number of halogens is 1. The minimum Gasteiger partial charge on any atom is -0.494 e. The molecule has 0 atom stereocenters. The molecule has 0 saturated heterocycles. The lowest BCUT2D eigenvalue weighted by atomic mass is 10.2. The van der Waals surface area contributed by atoms with E-state index in [0.29, 0.717) is 29.0 Å². The molecule has 0 heterocycles. The molecular weight excluding hydrogens is 502 g/mol. The van der Waals surface area contributed by atoms with Crippen molar-refractivity contribution < 1.29 is 23.9 Å². The summed E-state index contributed by atoms with van der Waals surface area (Å²) >= 11 is 3.36. The van der Waals surface area contributed by atoms with Crippen molar-refractivity contribution in [3.63, 3.8) is 0 Å². The second kappa shape index (κ2) is 12.3. The highest BCUT2D eigenvalue weighted by atomic mass is 79.9. The smallest absolute Gasteiger partial charge is 0.343 e. The molecule has 0 aliphatic heterocycles. The molecule has 3 aromatic carbocycles. The number of benzene rings is 3. The van der Waals surface area contributed by atoms with Crippen molar-refractivity contribution in [2.24, 2.45) is 5.10 Å². The molecular formula is C25H22BrN3O5. The average Bonchev–Trinajstić information content (AvgIpc) is 2.85. The maximum atomic E-state index is 12.4.